The second kappa shape index (κ2) is 8.07. The van der Waals surface area contributed by atoms with Crippen molar-refractivity contribution in [2.45, 2.75) is 18.7 Å². The summed E-state index contributed by atoms with van der Waals surface area (Å²) in [6, 6.07) is 9.66. The summed E-state index contributed by atoms with van der Waals surface area (Å²) in [4.78, 5) is 12.4. The minimum Gasteiger partial charge on any atom is -0.495 e. The molecular weight excluding hydrogens is 376 g/mol. The summed E-state index contributed by atoms with van der Waals surface area (Å²) in [6.45, 7) is 3.40. The number of methoxy groups -OCH3 is 1. The average molecular weight is 397 g/mol. The van der Waals surface area contributed by atoms with E-state index in [1.165, 1.54) is 26.3 Å². The van der Waals surface area contributed by atoms with E-state index in [1.807, 2.05) is 13.8 Å². The molecule has 0 aliphatic heterocycles. The highest BCUT2D eigenvalue weighted by molar-refractivity contribution is 7.89. The van der Waals surface area contributed by atoms with Crippen LogP contribution in [0.2, 0.25) is 5.02 Å². The van der Waals surface area contributed by atoms with Crippen molar-refractivity contribution in [1.29, 1.82) is 0 Å². The van der Waals surface area contributed by atoms with Crippen molar-refractivity contribution >= 4 is 33.2 Å². The summed E-state index contributed by atoms with van der Waals surface area (Å²) in [5.74, 6) is -0.0668. The number of anilines is 1. The molecular formula is C18H21ClN2O4S. The molecule has 0 aliphatic rings. The summed E-state index contributed by atoms with van der Waals surface area (Å²) < 4.78 is 31.5. The summed E-state index contributed by atoms with van der Waals surface area (Å²) in [7, 11) is -0.946. The molecule has 140 valence electrons. The molecule has 2 rings (SSSR count). The monoisotopic (exact) mass is 396 g/mol. The first-order valence-corrected chi connectivity index (χ1v) is 9.64. The van der Waals surface area contributed by atoms with Crippen molar-refractivity contribution < 1.29 is 17.9 Å². The standard InChI is InChI=1S/C18H21ClN2O4S/c1-12-5-7-15(9-13(12)2)26(23,24)21(3)11-18(22)20-16-10-14(19)6-8-17(16)25-4/h5-10H,11H2,1-4H3,(H,20,22). The molecule has 0 saturated carbocycles. The summed E-state index contributed by atoms with van der Waals surface area (Å²) >= 11 is 5.93. The average Bonchev–Trinajstić information content (AvgIpc) is 2.57. The fourth-order valence-electron chi connectivity index (χ4n) is 2.31. The Hall–Kier alpha value is -2.09. The fraction of sp³-hybridized carbons (Fsp3) is 0.278. The van der Waals surface area contributed by atoms with Crippen LogP contribution in [0, 0.1) is 13.8 Å². The third kappa shape index (κ3) is 4.55. The van der Waals surface area contributed by atoms with Gasteiger partial charge in [-0.2, -0.15) is 4.31 Å². The van der Waals surface area contributed by atoms with Crippen LogP contribution >= 0.6 is 11.6 Å². The van der Waals surface area contributed by atoms with Crippen LogP contribution in [0.25, 0.3) is 0 Å². The SMILES string of the molecule is COc1ccc(Cl)cc1NC(=O)CN(C)S(=O)(=O)c1ccc(C)c(C)c1. The van der Waals surface area contributed by atoms with Gasteiger partial charge in [-0.3, -0.25) is 4.79 Å². The molecule has 1 N–H and O–H groups in total. The lowest BCUT2D eigenvalue weighted by atomic mass is 10.1. The maximum atomic E-state index is 12.7. The summed E-state index contributed by atoms with van der Waals surface area (Å²) in [5.41, 5.74) is 2.24. The molecule has 0 spiro atoms. The van der Waals surface area contributed by atoms with Crippen molar-refractivity contribution in [2.75, 3.05) is 26.0 Å². The van der Waals surface area contributed by atoms with Crippen LogP contribution in [0.3, 0.4) is 0 Å². The van der Waals surface area contributed by atoms with Gasteiger partial charge >= 0.3 is 0 Å². The fourth-order valence-corrected chi connectivity index (χ4v) is 3.69. The van der Waals surface area contributed by atoms with E-state index in [4.69, 9.17) is 16.3 Å². The van der Waals surface area contributed by atoms with Gasteiger partial charge in [0.2, 0.25) is 15.9 Å². The first-order chi connectivity index (χ1) is 12.1. The Kier molecular flexibility index (Phi) is 6.28. The van der Waals surface area contributed by atoms with Gasteiger partial charge in [-0.1, -0.05) is 17.7 Å². The lowest BCUT2D eigenvalue weighted by Crippen LogP contribution is -2.35. The van der Waals surface area contributed by atoms with E-state index >= 15 is 0 Å². The van der Waals surface area contributed by atoms with Crippen LogP contribution in [0.1, 0.15) is 11.1 Å². The van der Waals surface area contributed by atoms with Gasteiger partial charge in [0.05, 0.1) is 24.2 Å². The van der Waals surface area contributed by atoms with Crippen LogP contribution in [-0.2, 0) is 14.8 Å². The van der Waals surface area contributed by atoms with Crippen LogP contribution in [0.4, 0.5) is 5.69 Å². The molecule has 0 atom stereocenters. The molecule has 2 aromatic rings. The number of carbonyl (C=O) groups is 1. The Morgan fingerprint density at radius 2 is 1.85 bits per heavy atom. The molecule has 26 heavy (non-hydrogen) atoms. The maximum Gasteiger partial charge on any atom is 0.243 e. The quantitative estimate of drug-likeness (QED) is 0.813. The number of rotatable bonds is 6. The van der Waals surface area contributed by atoms with Gasteiger partial charge in [-0.25, -0.2) is 8.42 Å². The number of sulfonamides is 1. The smallest absolute Gasteiger partial charge is 0.243 e. The maximum absolute atomic E-state index is 12.7. The van der Waals surface area contributed by atoms with E-state index in [2.05, 4.69) is 5.32 Å². The molecule has 0 saturated heterocycles. The number of amides is 1. The molecule has 6 nitrogen and oxygen atoms in total. The van der Waals surface area contributed by atoms with Crippen LogP contribution < -0.4 is 10.1 Å². The highest BCUT2D eigenvalue weighted by Gasteiger charge is 2.23. The van der Waals surface area contributed by atoms with Gasteiger partial charge in [0, 0.05) is 12.1 Å². The Bertz CT molecular complexity index is 929. The number of aryl methyl sites for hydroxylation is 2. The number of ether oxygens (including phenoxy) is 1. The number of hydrogen-bond acceptors (Lipinski definition) is 4. The summed E-state index contributed by atoms with van der Waals surface area (Å²) in [6.07, 6.45) is 0. The number of nitrogens with one attached hydrogen (secondary N) is 1. The van der Waals surface area contributed by atoms with Crippen molar-refractivity contribution in [3.63, 3.8) is 0 Å². The first-order valence-electron chi connectivity index (χ1n) is 7.82. The molecule has 0 heterocycles. The third-order valence-electron chi connectivity index (χ3n) is 3.99. The van der Waals surface area contributed by atoms with E-state index < -0.39 is 15.9 Å². The minimum atomic E-state index is -3.77. The van der Waals surface area contributed by atoms with Gasteiger partial charge in [0.25, 0.3) is 0 Å². The van der Waals surface area contributed by atoms with E-state index in [0.717, 1.165) is 15.4 Å². The number of nitrogens with zero attached hydrogens (tertiary/aromatic N) is 1. The molecule has 2 aromatic carbocycles. The van der Waals surface area contributed by atoms with E-state index in [0.29, 0.717) is 16.5 Å². The van der Waals surface area contributed by atoms with Gasteiger partial charge < -0.3 is 10.1 Å². The number of carbonyl (C=O) groups excluding carboxylic acids is 1. The van der Waals surface area contributed by atoms with Crippen LogP contribution in [0.15, 0.2) is 41.3 Å². The number of likely N-dealkylation sites (N-methyl/N-ethyl adjacent to an activating group) is 1. The van der Waals surface area contributed by atoms with Gasteiger partial charge in [-0.05, 0) is 55.3 Å². The van der Waals surface area contributed by atoms with Crippen LogP contribution in [-0.4, -0.2) is 39.3 Å². The van der Waals surface area contributed by atoms with Gasteiger partial charge in [0.15, 0.2) is 0 Å². The Labute approximate surface area is 158 Å². The first kappa shape index (κ1) is 20.2. The Balaban J connectivity index is 2.15. The van der Waals surface area contributed by atoms with Crippen molar-refractivity contribution in [2.24, 2.45) is 0 Å². The summed E-state index contributed by atoms with van der Waals surface area (Å²) in [5, 5.41) is 3.05. The molecule has 8 heteroatoms. The second-order valence-corrected chi connectivity index (χ2v) is 8.38. The predicted octanol–water partition coefficient (Wildman–Crippen LogP) is 3.22. The van der Waals surface area contributed by atoms with Gasteiger partial charge in [0.1, 0.15) is 5.75 Å². The molecule has 0 aliphatic carbocycles. The second-order valence-electron chi connectivity index (χ2n) is 5.90. The lowest BCUT2D eigenvalue weighted by molar-refractivity contribution is -0.116. The topological polar surface area (TPSA) is 75.7 Å². The molecule has 0 bridgehead atoms. The highest BCUT2D eigenvalue weighted by Crippen LogP contribution is 2.27. The zero-order chi connectivity index (χ0) is 19.5. The molecule has 0 fully saturated rings. The third-order valence-corrected chi connectivity index (χ3v) is 6.02. The lowest BCUT2D eigenvalue weighted by Gasteiger charge is -2.18. The van der Waals surface area contributed by atoms with Crippen molar-refractivity contribution in [1.82, 2.24) is 4.31 Å². The Morgan fingerprint density at radius 3 is 2.46 bits per heavy atom. The van der Waals surface area contributed by atoms with Crippen molar-refractivity contribution in [3.8, 4) is 5.75 Å². The Morgan fingerprint density at radius 1 is 1.15 bits per heavy atom. The molecule has 0 aromatic heterocycles. The van der Waals surface area contributed by atoms with Crippen molar-refractivity contribution in [3.05, 3.63) is 52.5 Å². The zero-order valence-electron chi connectivity index (χ0n) is 15.0. The van der Waals surface area contributed by atoms with E-state index in [-0.39, 0.29) is 11.4 Å². The number of halogens is 1. The van der Waals surface area contributed by atoms with Gasteiger partial charge in [-0.15, -0.1) is 0 Å². The minimum absolute atomic E-state index is 0.149. The number of benzene rings is 2. The molecule has 0 radical (unpaired) electrons. The van der Waals surface area contributed by atoms with Crippen LogP contribution in [0.5, 0.6) is 5.75 Å². The predicted molar refractivity (Wildman–Crippen MR) is 102 cm³/mol. The largest absolute Gasteiger partial charge is 0.495 e. The van der Waals surface area contributed by atoms with E-state index in [1.54, 1.807) is 24.3 Å². The normalized spacial score (nSPS) is 11.5. The van der Waals surface area contributed by atoms with E-state index in [9.17, 15) is 13.2 Å². The highest BCUT2D eigenvalue weighted by atomic mass is 35.5. The molecule has 1 amide bonds. The number of hydrogen-bond donors (Lipinski definition) is 1. The zero-order valence-corrected chi connectivity index (χ0v) is 16.6. The molecule has 0 unspecified atom stereocenters.